The first kappa shape index (κ1) is 10.5. The average Bonchev–Trinajstić information content (AvgIpc) is 2.68. The van der Waals surface area contributed by atoms with Crippen molar-refractivity contribution in [3.05, 3.63) is 30.7 Å². The lowest BCUT2D eigenvalue weighted by Gasteiger charge is -2.08. The Morgan fingerprint density at radius 1 is 1.25 bits per heavy atom. The summed E-state index contributed by atoms with van der Waals surface area (Å²) in [5, 5.41) is 3.50. The summed E-state index contributed by atoms with van der Waals surface area (Å²) < 4.78 is 44.1. The summed E-state index contributed by atoms with van der Waals surface area (Å²) in [5.74, 6) is -0.123. The molecule has 0 unspecified atom stereocenters. The molecule has 4 nitrogen and oxygen atoms in total. The molecule has 0 aliphatic carbocycles. The summed E-state index contributed by atoms with van der Waals surface area (Å²) >= 11 is 0. The Balaban J connectivity index is 2.27. The van der Waals surface area contributed by atoms with E-state index in [-0.39, 0.29) is 11.6 Å². The maximum absolute atomic E-state index is 11.9. The van der Waals surface area contributed by atoms with Crippen LogP contribution >= 0.6 is 0 Å². The fourth-order valence-electron chi connectivity index (χ4n) is 1.13. The summed E-state index contributed by atoms with van der Waals surface area (Å²) in [4.78, 5) is 3.71. The molecule has 1 aromatic heterocycles. The van der Waals surface area contributed by atoms with Crippen LogP contribution in [0.15, 0.2) is 35.2 Å². The summed E-state index contributed by atoms with van der Waals surface area (Å²) in [6.45, 7) is 0. The van der Waals surface area contributed by atoms with Gasteiger partial charge in [0.2, 0.25) is 12.2 Å². The lowest BCUT2D eigenvalue weighted by atomic mass is 10.2. The summed E-state index contributed by atoms with van der Waals surface area (Å²) in [5.41, 5.74) is 0.385. The lowest BCUT2D eigenvalue weighted by molar-refractivity contribution is -0.274. The van der Waals surface area contributed by atoms with Crippen LogP contribution in [0.25, 0.3) is 11.4 Å². The third-order valence-electron chi connectivity index (χ3n) is 1.69. The second-order valence-corrected chi connectivity index (χ2v) is 2.83. The van der Waals surface area contributed by atoms with E-state index in [1.165, 1.54) is 18.2 Å². The van der Waals surface area contributed by atoms with Gasteiger partial charge in [0.05, 0.1) is 0 Å². The molecule has 0 fully saturated rings. The fourth-order valence-corrected chi connectivity index (χ4v) is 1.13. The Bertz CT molecular complexity index is 468. The molecular weight excluding hydrogens is 225 g/mol. The molecule has 0 radical (unpaired) electrons. The molecule has 0 N–H and O–H groups in total. The molecule has 2 aromatic rings. The second kappa shape index (κ2) is 3.84. The van der Waals surface area contributed by atoms with Gasteiger partial charge in [0.15, 0.2) is 0 Å². The van der Waals surface area contributed by atoms with E-state index in [0.29, 0.717) is 5.56 Å². The normalized spacial score (nSPS) is 11.4. The number of benzene rings is 1. The molecule has 0 bridgehead atoms. The maximum Gasteiger partial charge on any atom is 0.573 e. The van der Waals surface area contributed by atoms with Gasteiger partial charge in [-0.3, -0.25) is 0 Å². The van der Waals surface area contributed by atoms with E-state index in [9.17, 15) is 13.2 Å². The number of ether oxygens (including phenoxy) is 1. The number of halogens is 3. The summed E-state index contributed by atoms with van der Waals surface area (Å²) in [6.07, 6.45) is -3.62. The largest absolute Gasteiger partial charge is 0.573 e. The molecule has 0 saturated heterocycles. The molecular formula is C9H5F3N2O2. The van der Waals surface area contributed by atoms with Gasteiger partial charge in [0, 0.05) is 5.56 Å². The minimum atomic E-state index is -4.71. The van der Waals surface area contributed by atoms with Crippen molar-refractivity contribution in [2.75, 3.05) is 0 Å². The smallest absolute Gasteiger partial charge is 0.406 e. The SMILES string of the molecule is FC(F)(F)Oc1cccc(-c2ncon2)c1. The molecule has 1 aromatic carbocycles. The minimum absolute atomic E-state index is 0.202. The zero-order chi connectivity index (χ0) is 11.6. The van der Waals surface area contributed by atoms with Gasteiger partial charge in [-0.05, 0) is 12.1 Å². The van der Waals surface area contributed by atoms with Gasteiger partial charge in [-0.2, -0.15) is 4.98 Å². The van der Waals surface area contributed by atoms with Crippen molar-refractivity contribution in [2.45, 2.75) is 6.36 Å². The second-order valence-electron chi connectivity index (χ2n) is 2.83. The van der Waals surface area contributed by atoms with Crippen LogP contribution in [0, 0.1) is 0 Å². The van der Waals surface area contributed by atoms with Crippen molar-refractivity contribution >= 4 is 0 Å². The topological polar surface area (TPSA) is 48.2 Å². The zero-order valence-corrected chi connectivity index (χ0v) is 7.73. The van der Waals surface area contributed by atoms with E-state index in [1.54, 1.807) is 6.07 Å². The van der Waals surface area contributed by atoms with E-state index in [0.717, 1.165) is 6.39 Å². The van der Waals surface area contributed by atoms with Gasteiger partial charge in [-0.1, -0.05) is 17.3 Å². The standard InChI is InChI=1S/C9H5F3N2O2/c10-9(11,12)16-7-3-1-2-6(4-7)8-13-5-15-14-8/h1-5H. The van der Waals surface area contributed by atoms with Crippen molar-refractivity contribution in [3.8, 4) is 17.1 Å². The van der Waals surface area contributed by atoms with Crippen LogP contribution in [0.1, 0.15) is 0 Å². The molecule has 16 heavy (non-hydrogen) atoms. The predicted octanol–water partition coefficient (Wildman–Crippen LogP) is 2.64. The first-order chi connectivity index (χ1) is 7.54. The van der Waals surface area contributed by atoms with Crippen LogP contribution in [0.2, 0.25) is 0 Å². The van der Waals surface area contributed by atoms with Crippen molar-refractivity contribution in [1.82, 2.24) is 10.1 Å². The predicted molar refractivity (Wildman–Crippen MR) is 46.4 cm³/mol. The number of rotatable bonds is 2. The van der Waals surface area contributed by atoms with E-state index >= 15 is 0 Å². The van der Waals surface area contributed by atoms with Crippen LogP contribution < -0.4 is 4.74 Å². The Kier molecular flexibility index (Phi) is 2.51. The highest BCUT2D eigenvalue weighted by Crippen LogP contribution is 2.26. The third kappa shape index (κ3) is 2.50. The highest BCUT2D eigenvalue weighted by molar-refractivity contribution is 5.56. The van der Waals surface area contributed by atoms with Crippen LogP contribution in [-0.2, 0) is 0 Å². The van der Waals surface area contributed by atoms with Gasteiger partial charge in [0.25, 0.3) is 0 Å². The van der Waals surface area contributed by atoms with Crippen LogP contribution in [-0.4, -0.2) is 16.5 Å². The Labute approximate surface area is 87.6 Å². The number of aromatic nitrogens is 2. The maximum atomic E-state index is 11.9. The molecule has 0 spiro atoms. The molecule has 0 aliphatic heterocycles. The molecule has 0 saturated carbocycles. The van der Waals surface area contributed by atoms with Gasteiger partial charge >= 0.3 is 6.36 Å². The highest BCUT2D eigenvalue weighted by atomic mass is 19.4. The summed E-state index contributed by atoms with van der Waals surface area (Å²) in [7, 11) is 0. The Morgan fingerprint density at radius 3 is 2.69 bits per heavy atom. The minimum Gasteiger partial charge on any atom is -0.406 e. The monoisotopic (exact) mass is 230 g/mol. The van der Waals surface area contributed by atoms with Crippen molar-refractivity contribution in [1.29, 1.82) is 0 Å². The third-order valence-corrected chi connectivity index (χ3v) is 1.69. The molecule has 7 heteroatoms. The molecule has 2 rings (SSSR count). The summed E-state index contributed by atoms with van der Waals surface area (Å²) in [6, 6.07) is 5.33. The van der Waals surface area contributed by atoms with E-state index in [2.05, 4.69) is 19.4 Å². The van der Waals surface area contributed by atoms with Crippen LogP contribution in [0.4, 0.5) is 13.2 Å². The van der Waals surface area contributed by atoms with E-state index < -0.39 is 6.36 Å². The average molecular weight is 230 g/mol. The number of nitrogens with zero attached hydrogens (tertiary/aromatic N) is 2. The molecule has 1 heterocycles. The van der Waals surface area contributed by atoms with Gasteiger partial charge in [0.1, 0.15) is 5.75 Å². The molecule has 0 amide bonds. The van der Waals surface area contributed by atoms with Gasteiger partial charge in [-0.25, -0.2) is 0 Å². The lowest BCUT2D eigenvalue weighted by Crippen LogP contribution is -2.17. The molecule has 0 atom stereocenters. The molecule has 84 valence electrons. The van der Waals surface area contributed by atoms with E-state index in [4.69, 9.17) is 0 Å². The first-order valence-electron chi connectivity index (χ1n) is 4.17. The fraction of sp³-hybridized carbons (Fsp3) is 0.111. The van der Waals surface area contributed by atoms with Gasteiger partial charge < -0.3 is 9.26 Å². The number of hydrogen-bond acceptors (Lipinski definition) is 4. The van der Waals surface area contributed by atoms with Crippen molar-refractivity contribution < 1.29 is 22.4 Å². The molecule has 0 aliphatic rings. The zero-order valence-electron chi connectivity index (χ0n) is 7.73. The van der Waals surface area contributed by atoms with Crippen LogP contribution in [0.5, 0.6) is 5.75 Å². The van der Waals surface area contributed by atoms with Crippen molar-refractivity contribution in [3.63, 3.8) is 0 Å². The highest BCUT2D eigenvalue weighted by Gasteiger charge is 2.31. The Morgan fingerprint density at radius 2 is 2.06 bits per heavy atom. The first-order valence-corrected chi connectivity index (χ1v) is 4.17. The van der Waals surface area contributed by atoms with Crippen LogP contribution in [0.3, 0.4) is 0 Å². The van der Waals surface area contributed by atoms with Gasteiger partial charge in [-0.15, -0.1) is 13.2 Å². The van der Waals surface area contributed by atoms with E-state index in [1.807, 2.05) is 0 Å². The number of alkyl halides is 3. The van der Waals surface area contributed by atoms with Crippen molar-refractivity contribution in [2.24, 2.45) is 0 Å². The number of hydrogen-bond donors (Lipinski definition) is 0. The Hall–Kier alpha value is -2.05. The quantitative estimate of drug-likeness (QED) is 0.795.